The van der Waals surface area contributed by atoms with Gasteiger partial charge in [-0.15, -0.1) is 0 Å². The van der Waals surface area contributed by atoms with Crippen molar-refractivity contribution in [3.63, 3.8) is 0 Å². The Morgan fingerprint density at radius 1 is 1.07 bits per heavy atom. The summed E-state index contributed by atoms with van der Waals surface area (Å²) >= 11 is 0. The molecule has 1 fully saturated rings. The molecule has 2 heterocycles. The molecule has 1 amide bonds. The number of hydrogen-bond donors (Lipinski definition) is 2. The molecule has 9 nitrogen and oxygen atoms in total. The molecule has 0 saturated heterocycles. The molecular weight excluding hydrogens is 609 g/mol. The number of nitrogens with one attached hydrogen (secondary N) is 2. The number of aromatic nitrogens is 2. The van der Waals surface area contributed by atoms with E-state index < -0.39 is 39.5 Å². The highest BCUT2D eigenvalue weighted by atomic mass is 32.2. The van der Waals surface area contributed by atoms with Crippen molar-refractivity contribution < 1.29 is 35.9 Å². The molecule has 1 aliphatic carbocycles. The lowest BCUT2D eigenvalue weighted by Crippen LogP contribution is -2.48. The van der Waals surface area contributed by atoms with E-state index in [1.54, 1.807) is 18.2 Å². The van der Waals surface area contributed by atoms with Gasteiger partial charge in [0, 0.05) is 23.6 Å². The number of alkyl carbamates (subject to hydrolysis) is 1. The number of methoxy groups -OCH3 is 1. The van der Waals surface area contributed by atoms with E-state index in [1.807, 2.05) is 32.0 Å². The third-order valence-corrected chi connectivity index (χ3v) is 10.2. The number of amides is 1. The summed E-state index contributed by atoms with van der Waals surface area (Å²) in [5, 5.41) is 2.75. The molecule has 2 N–H and O–H groups in total. The number of hydrogen-bond acceptors (Lipinski definition) is 7. The molecule has 0 spiro atoms. The Hall–Kier alpha value is -3.87. The van der Waals surface area contributed by atoms with Crippen LogP contribution in [0.2, 0.25) is 0 Å². The number of fused-ring (bicyclic) bond motifs is 4. The first-order valence-electron chi connectivity index (χ1n) is 14.7. The number of ether oxygens (including phenoxy) is 2. The first-order valence-corrected chi connectivity index (χ1v) is 16.2. The molecule has 45 heavy (non-hydrogen) atoms. The van der Waals surface area contributed by atoms with Crippen LogP contribution >= 0.6 is 0 Å². The molecule has 1 aliphatic heterocycles. The maximum Gasteiger partial charge on any atom is 0.407 e. The number of rotatable bonds is 5. The van der Waals surface area contributed by atoms with Crippen LogP contribution in [0.5, 0.6) is 5.88 Å². The minimum Gasteiger partial charge on any atom is -0.477 e. The molecule has 1 aromatic heterocycles. The van der Waals surface area contributed by atoms with Crippen LogP contribution in [-0.2, 0) is 14.8 Å². The van der Waals surface area contributed by atoms with Gasteiger partial charge in [0.1, 0.15) is 0 Å². The molecule has 13 heteroatoms. The lowest BCUT2D eigenvalue weighted by Gasteiger charge is -2.45. The fourth-order valence-electron chi connectivity index (χ4n) is 6.44. The highest BCUT2D eigenvalue weighted by Gasteiger charge is 2.51. The highest BCUT2D eigenvalue weighted by Crippen LogP contribution is 2.51. The van der Waals surface area contributed by atoms with E-state index in [1.165, 1.54) is 19.2 Å². The Bertz CT molecular complexity index is 1670. The summed E-state index contributed by atoms with van der Waals surface area (Å²) in [6.07, 6.45) is -4.42. The van der Waals surface area contributed by atoms with Gasteiger partial charge in [0.2, 0.25) is 11.8 Å². The van der Waals surface area contributed by atoms with Crippen molar-refractivity contribution in [3.8, 4) is 17.1 Å². The van der Waals surface area contributed by atoms with Crippen LogP contribution in [0.1, 0.15) is 55.7 Å². The quantitative estimate of drug-likeness (QED) is 0.314. The number of carbonyl (C=O) groups excluding carboxylic acids is 1. The second kappa shape index (κ2) is 12.1. The van der Waals surface area contributed by atoms with Crippen molar-refractivity contribution in [1.82, 2.24) is 15.3 Å². The zero-order chi connectivity index (χ0) is 32.7. The van der Waals surface area contributed by atoms with E-state index in [0.717, 1.165) is 30.5 Å². The SMILES string of the molecule is COC(=O)NC1CC(C2c3cccc(c3)S(=O)(=O)Nc3nc(cc(-c4c(C)cccc4C)n3)OC[C@H]2CC(C)(C)C(F)(F)F)C1. The maximum absolute atomic E-state index is 14.3. The smallest absolute Gasteiger partial charge is 0.407 e. The number of nitrogens with zero attached hydrogens (tertiary/aromatic N) is 2. The van der Waals surface area contributed by atoms with Crippen LogP contribution in [-0.4, -0.2) is 50.4 Å². The van der Waals surface area contributed by atoms with Gasteiger partial charge in [-0.3, -0.25) is 0 Å². The average molecular weight is 647 g/mol. The van der Waals surface area contributed by atoms with E-state index in [2.05, 4.69) is 20.0 Å². The van der Waals surface area contributed by atoms with Crippen LogP contribution in [0.4, 0.5) is 23.9 Å². The summed E-state index contributed by atoms with van der Waals surface area (Å²) in [6, 6.07) is 13.3. The minimum absolute atomic E-state index is 0.0389. The molecule has 2 aliphatic rings. The number of halogens is 3. The fraction of sp³-hybridized carbons (Fsp3) is 0.469. The van der Waals surface area contributed by atoms with E-state index in [-0.39, 0.29) is 41.7 Å². The summed E-state index contributed by atoms with van der Waals surface area (Å²) < 4.78 is 83.5. The number of aryl methyl sites for hydroxylation is 2. The number of carbonyl (C=O) groups is 1. The summed E-state index contributed by atoms with van der Waals surface area (Å²) in [5.74, 6) is -1.55. The third-order valence-electron chi connectivity index (χ3n) is 8.90. The molecule has 5 rings (SSSR count). The number of sulfonamides is 1. The number of alkyl halides is 3. The number of benzene rings is 2. The van der Waals surface area contributed by atoms with Gasteiger partial charge < -0.3 is 14.8 Å². The predicted octanol–water partition coefficient (Wildman–Crippen LogP) is 6.77. The third kappa shape index (κ3) is 6.87. The van der Waals surface area contributed by atoms with Crippen LogP contribution in [0, 0.1) is 31.1 Å². The fourth-order valence-corrected chi connectivity index (χ4v) is 7.44. The largest absolute Gasteiger partial charge is 0.477 e. The molecule has 2 atom stereocenters. The van der Waals surface area contributed by atoms with Gasteiger partial charge in [0.05, 0.1) is 29.7 Å². The van der Waals surface area contributed by atoms with E-state index in [4.69, 9.17) is 9.47 Å². The normalized spacial score (nSPS) is 22.8. The van der Waals surface area contributed by atoms with Gasteiger partial charge >= 0.3 is 12.3 Å². The molecule has 3 aromatic rings. The molecule has 1 unspecified atom stereocenters. The summed E-state index contributed by atoms with van der Waals surface area (Å²) in [7, 11) is -2.93. The van der Waals surface area contributed by atoms with E-state index >= 15 is 0 Å². The van der Waals surface area contributed by atoms with Crippen LogP contribution in [0.3, 0.4) is 0 Å². The predicted molar refractivity (Wildman–Crippen MR) is 162 cm³/mol. The second-order valence-electron chi connectivity index (χ2n) is 12.6. The molecule has 2 aromatic carbocycles. The van der Waals surface area contributed by atoms with Crippen LogP contribution < -0.4 is 14.8 Å². The standard InChI is InChI=1S/C32H37F3N4O5S/c1-18-8-6-9-19(2)27(18)25-15-26-38-29(37-25)39-45(41,42)24-11-7-10-20(14-24)28(21-12-23(13-21)36-30(40)43-5)22(17-44-26)16-31(3,4)32(33,34)35/h6-11,14-15,21-23,28H,12-13,16-17H2,1-5H3,(H,36,40)(H,37,38,39)/t21?,22-,23?,28?/m1/s1. The molecular formula is C32H37F3N4O5S. The van der Waals surface area contributed by atoms with Gasteiger partial charge in [0.25, 0.3) is 10.0 Å². The van der Waals surface area contributed by atoms with Gasteiger partial charge in [-0.25, -0.2) is 22.9 Å². The topological polar surface area (TPSA) is 120 Å². The van der Waals surface area contributed by atoms with Crippen molar-refractivity contribution in [2.75, 3.05) is 18.4 Å². The Labute approximate surface area is 261 Å². The lowest BCUT2D eigenvalue weighted by atomic mass is 9.63. The molecule has 242 valence electrons. The molecule has 1 saturated carbocycles. The van der Waals surface area contributed by atoms with Crippen molar-refractivity contribution in [2.45, 2.75) is 70.0 Å². The monoisotopic (exact) mass is 646 g/mol. The zero-order valence-corrected chi connectivity index (χ0v) is 26.6. The van der Waals surface area contributed by atoms with Crippen molar-refractivity contribution in [2.24, 2.45) is 17.3 Å². The van der Waals surface area contributed by atoms with Gasteiger partial charge in [-0.05, 0) is 73.8 Å². The summed E-state index contributed by atoms with van der Waals surface area (Å²) in [6.45, 7) is 6.01. The number of anilines is 1. The van der Waals surface area contributed by atoms with Gasteiger partial charge in [-0.2, -0.15) is 18.2 Å². The highest BCUT2D eigenvalue weighted by molar-refractivity contribution is 7.92. The Morgan fingerprint density at radius 2 is 1.73 bits per heavy atom. The van der Waals surface area contributed by atoms with Gasteiger partial charge in [-0.1, -0.05) is 44.2 Å². The van der Waals surface area contributed by atoms with Crippen molar-refractivity contribution >= 4 is 22.1 Å². The zero-order valence-electron chi connectivity index (χ0n) is 25.7. The average Bonchev–Trinajstić information content (AvgIpc) is 2.93. The van der Waals surface area contributed by atoms with Gasteiger partial charge in [0.15, 0.2) is 0 Å². The van der Waals surface area contributed by atoms with Crippen molar-refractivity contribution in [3.05, 3.63) is 65.2 Å². The lowest BCUT2D eigenvalue weighted by molar-refractivity contribution is -0.218. The van der Waals surface area contributed by atoms with E-state index in [0.29, 0.717) is 24.1 Å². The van der Waals surface area contributed by atoms with Crippen LogP contribution in [0.15, 0.2) is 53.4 Å². The molecule has 0 radical (unpaired) electrons. The minimum atomic E-state index is -4.50. The second-order valence-corrected chi connectivity index (χ2v) is 14.3. The summed E-state index contributed by atoms with van der Waals surface area (Å²) in [4.78, 5) is 20.6. The first-order chi connectivity index (χ1) is 21.1. The van der Waals surface area contributed by atoms with Crippen molar-refractivity contribution in [1.29, 1.82) is 0 Å². The first kappa shape index (κ1) is 32.5. The Balaban J connectivity index is 1.63. The van der Waals surface area contributed by atoms with Crippen LogP contribution in [0.25, 0.3) is 11.3 Å². The summed E-state index contributed by atoms with van der Waals surface area (Å²) in [5.41, 5.74) is 1.48. The van der Waals surface area contributed by atoms with E-state index in [9.17, 15) is 26.4 Å². The molecule has 4 bridgehead atoms. The Kier molecular flexibility index (Phi) is 8.78. The maximum atomic E-state index is 14.3. The Morgan fingerprint density at radius 3 is 2.38 bits per heavy atom.